The lowest BCUT2D eigenvalue weighted by atomic mass is 10.1. The van der Waals surface area contributed by atoms with Gasteiger partial charge in [-0.3, -0.25) is 4.79 Å². The lowest BCUT2D eigenvalue weighted by molar-refractivity contribution is -0.137. The van der Waals surface area contributed by atoms with Crippen LogP contribution < -0.4 is 10.1 Å². The fourth-order valence-corrected chi connectivity index (χ4v) is 3.10. The minimum Gasteiger partial charge on any atom is -0.488 e. The fourth-order valence-electron chi connectivity index (χ4n) is 2.92. The van der Waals surface area contributed by atoms with Gasteiger partial charge in [0.25, 0.3) is 5.91 Å². The van der Waals surface area contributed by atoms with Gasteiger partial charge in [-0.15, -0.1) is 0 Å². The average molecular weight is 420 g/mol. The highest BCUT2D eigenvalue weighted by Gasteiger charge is 2.35. The second-order valence-electron chi connectivity index (χ2n) is 6.27. The van der Waals surface area contributed by atoms with Gasteiger partial charge in [-0.2, -0.15) is 18.3 Å². The van der Waals surface area contributed by atoms with Crippen LogP contribution in [-0.2, 0) is 11.0 Å². The third kappa shape index (κ3) is 3.97. The van der Waals surface area contributed by atoms with E-state index in [1.165, 1.54) is 29.2 Å². The Balaban J connectivity index is 1.64. The summed E-state index contributed by atoms with van der Waals surface area (Å²) in [6.07, 6.45) is -0.127. The number of fused-ring (bicyclic) bond motifs is 1. The SMILES string of the molecule is O=C(Nc1ccc(-n2cccn2)cc1C(F)(F)F)C1=Cc2cc(Cl)ccc2OC1. The number of carbonyl (C=O) groups excluding carboxylic acids is 1. The van der Waals surface area contributed by atoms with E-state index in [0.29, 0.717) is 16.3 Å². The lowest BCUT2D eigenvalue weighted by Gasteiger charge is -2.19. The fraction of sp³-hybridized carbons (Fsp3) is 0.100. The number of hydrogen-bond donors (Lipinski definition) is 1. The molecule has 0 spiro atoms. The first-order valence-electron chi connectivity index (χ1n) is 8.47. The first-order valence-corrected chi connectivity index (χ1v) is 8.84. The van der Waals surface area contributed by atoms with E-state index in [9.17, 15) is 18.0 Å². The number of halogens is 4. The Bertz CT molecular complexity index is 1110. The summed E-state index contributed by atoms with van der Waals surface area (Å²) >= 11 is 5.94. The smallest absolute Gasteiger partial charge is 0.418 e. The molecule has 0 bridgehead atoms. The van der Waals surface area contributed by atoms with E-state index < -0.39 is 17.6 Å². The van der Waals surface area contributed by atoms with Crippen LogP contribution in [0.4, 0.5) is 18.9 Å². The molecule has 9 heteroatoms. The van der Waals surface area contributed by atoms with E-state index in [-0.39, 0.29) is 23.6 Å². The third-order valence-corrected chi connectivity index (χ3v) is 4.54. The largest absolute Gasteiger partial charge is 0.488 e. The van der Waals surface area contributed by atoms with Crippen LogP contribution in [0.1, 0.15) is 11.1 Å². The molecule has 4 rings (SSSR count). The van der Waals surface area contributed by atoms with Crippen LogP contribution >= 0.6 is 11.6 Å². The van der Waals surface area contributed by atoms with Gasteiger partial charge in [0.15, 0.2) is 0 Å². The molecule has 0 fully saturated rings. The Hall–Kier alpha value is -3.26. The minimum atomic E-state index is -4.66. The number of nitrogens with zero attached hydrogens (tertiary/aromatic N) is 2. The topological polar surface area (TPSA) is 56.2 Å². The van der Waals surface area contributed by atoms with Gasteiger partial charge in [0.2, 0.25) is 0 Å². The van der Waals surface area contributed by atoms with E-state index in [0.717, 1.165) is 6.07 Å². The van der Waals surface area contributed by atoms with Crippen molar-refractivity contribution in [3.63, 3.8) is 0 Å². The monoisotopic (exact) mass is 419 g/mol. The maximum absolute atomic E-state index is 13.6. The quantitative estimate of drug-likeness (QED) is 0.653. The highest BCUT2D eigenvalue weighted by atomic mass is 35.5. The van der Waals surface area contributed by atoms with Gasteiger partial charge in [-0.25, -0.2) is 4.68 Å². The van der Waals surface area contributed by atoms with Crippen LogP contribution in [-0.4, -0.2) is 22.3 Å². The maximum Gasteiger partial charge on any atom is 0.418 e. The van der Waals surface area contributed by atoms with E-state index in [4.69, 9.17) is 16.3 Å². The summed E-state index contributed by atoms with van der Waals surface area (Å²) in [6, 6.07) is 10.1. The van der Waals surface area contributed by atoms with Crippen molar-refractivity contribution in [2.24, 2.45) is 0 Å². The van der Waals surface area contributed by atoms with Crippen LogP contribution in [0.15, 0.2) is 60.4 Å². The van der Waals surface area contributed by atoms with Gasteiger partial charge in [-0.05, 0) is 48.5 Å². The molecular weight excluding hydrogens is 407 g/mol. The number of aromatic nitrogens is 2. The number of nitrogens with one attached hydrogen (secondary N) is 1. The van der Waals surface area contributed by atoms with Crippen molar-refractivity contribution in [3.8, 4) is 11.4 Å². The Labute approximate surface area is 168 Å². The number of alkyl halides is 3. The molecule has 0 saturated heterocycles. The zero-order chi connectivity index (χ0) is 20.6. The molecule has 0 aliphatic carbocycles. The predicted octanol–water partition coefficient (Wildman–Crippen LogP) is 4.96. The van der Waals surface area contributed by atoms with Gasteiger partial charge >= 0.3 is 6.18 Å². The third-order valence-electron chi connectivity index (χ3n) is 4.30. The van der Waals surface area contributed by atoms with E-state index in [1.54, 1.807) is 30.3 Å². The Kier molecular flexibility index (Phi) is 4.79. The molecule has 1 aliphatic heterocycles. The van der Waals surface area contributed by atoms with Crippen LogP contribution in [0.5, 0.6) is 5.75 Å². The summed E-state index contributed by atoms with van der Waals surface area (Å²) in [4.78, 5) is 12.6. The van der Waals surface area contributed by atoms with Gasteiger partial charge in [-0.1, -0.05) is 11.6 Å². The van der Waals surface area contributed by atoms with Crippen molar-refractivity contribution in [2.45, 2.75) is 6.18 Å². The number of anilines is 1. The number of hydrogen-bond acceptors (Lipinski definition) is 3. The average Bonchev–Trinajstić information content (AvgIpc) is 3.21. The van der Waals surface area contributed by atoms with Crippen LogP contribution in [0, 0.1) is 0 Å². The van der Waals surface area contributed by atoms with Crippen LogP contribution in [0.3, 0.4) is 0 Å². The second kappa shape index (κ2) is 7.29. The highest BCUT2D eigenvalue weighted by Crippen LogP contribution is 2.37. The molecule has 5 nitrogen and oxygen atoms in total. The Morgan fingerprint density at radius 2 is 2.03 bits per heavy atom. The maximum atomic E-state index is 13.6. The summed E-state index contributed by atoms with van der Waals surface area (Å²) in [5, 5.41) is 6.72. The predicted molar refractivity (Wildman–Crippen MR) is 102 cm³/mol. The van der Waals surface area contributed by atoms with Crippen molar-refractivity contribution < 1.29 is 22.7 Å². The van der Waals surface area contributed by atoms with E-state index in [2.05, 4.69) is 10.4 Å². The van der Waals surface area contributed by atoms with Gasteiger partial charge in [0.05, 0.1) is 22.5 Å². The molecule has 0 unspecified atom stereocenters. The molecule has 148 valence electrons. The van der Waals surface area contributed by atoms with Gasteiger partial charge in [0.1, 0.15) is 12.4 Å². The molecule has 1 aliphatic rings. The van der Waals surface area contributed by atoms with Gasteiger partial charge in [0, 0.05) is 23.0 Å². The lowest BCUT2D eigenvalue weighted by Crippen LogP contribution is -2.23. The molecule has 0 radical (unpaired) electrons. The van der Waals surface area contributed by atoms with Crippen molar-refractivity contribution in [2.75, 3.05) is 11.9 Å². The molecule has 3 aromatic rings. The number of benzene rings is 2. The molecule has 0 atom stereocenters. The first-order chi connectivity index (χ1) is 13.8. The molecule has 0 saturated carbocycles. The molecule has 2 aromatic carbocycles. The van der Waals surface area contributed by atoms with Crippen LogP contribution in [0.25, 0.3) is 11.8 Å². The van der Waals surface area contributed by atoms with E-state index in [1.807, 2.05) is 0 Å². The van der Waals surface area contributed by atoms with Gasteiger partial charge < -0.3 is 10.1 Å². The second-order valence-corrected chi connectivity index (χ2v) is 6.71. The molecule has 1 N–H and O–H groups in total. The zero-order valence-electron chi connectivity index (χ0n) is 14.7. The van der Waals surface area contributed by atoms with E-state index >= 15 is 0 Å². The highest BCUT2D eigenvalue weighted by molar-refractivity contribution is 6.30. The summed E-state index contributed by atoms with van der Waals surface area (Å²) in [7, 11) is 0. The number of amides is 1. The summed E-state index contributed by atoms with van der Waals surface area (Å²) in [6.45, 7) is -0.0623. The Morgan fingerprint density at radius 3 is 2.76 bits per heavy atom. The number of rotatable bonds is 3. The van der Waals surface area contributed by atoms with Crippen molar-refractivity contribution in [3.05, 3.63) is 76.6 Å². The van der Waals surface area contributed by atoms with Crippen molar-refractivity contribution in [1.82, 2.24) is 9.78 Å². The van der Waals surface area contributed by atoms with Crippen molar-refractivity contribution >= 4 is 29.3 Å². The van der Waals surface area contributed by atoms with Crippen molar-refractivity contribution in [1.29, 1.82) is 0 Å². The summed E-state index contributed by atoms with van der Waals surface area (Å²) in [5.74, 6) is -0.140. The molecular formula is C20H13ClF3N3O2. The molecule has 1 amide bonds. The van der Waals surface area contributed by atoms with Crippen LogP contribution in [0.2, 0.25) is 5.02 Å². The zero-order valence-corrected chi connectivity index (χ0v) is 15.5. The summed E-state index contributed by atoms with van der Waals surface area (Å²) in [5.41, 5.74) is -0.331. The molecule has 2 heterocycles. The number of ether oxygens (including phenoxy) is 1. The number of carbonyl (C=O) groups is 1. The first kappa shape index (κ1) is 19.1. The Morgan fingerprint density at radius 1 is 1.21 bits per heavy atom. The molecule has 1 aromatic heterocycles. The summed E-state index contributed by atoms with van der Waals surface area (Å²) < 4.78 is 47.5. The molecule has 29 heavy (non-hydrogen) atoms. The minimum absolute atomic E-state index is 0.0623. The normalized spacial score (nSPS) is 13.3. The standard InChI is InChI=1S/C20H13ClF3N3O2/c21-14-2-5-18-12(9-14)8-13(11-29-18)19(28)26-17-4-3-15(27-7-1-6-25-27)10-16(17)20(22,23)24/h1-10H,11H2,(H,26,28).